The number of amides is 1. The summed E-state index contributed by atoms with van der Waals surface area (Å²) >= 11 is 0. The van der Waals surface area contributed by atoms with Crippen molar-refractivity contribution in [2.45, 2.75) is 12.8 Å². The van der Waals surface area contributed by atoms with Crippen molar-refractivity contribution in [2.75, 3.05) is 26.7 Å². The first-order valence-corrected chi connectivity index (χ1v) is 4.64. The Labute approximate surface area is 78.3 Å². The van der Waals surface area contributed by atoms with E-state index < -0.39 is 5.91 Å². The Morgan fingerprint density at radius 1 is 1.54 bits per heavy atom. The van der Waals surface area contributed by atoms with Crippen molar-refractivity contribution in [3.63, 3.8) is 0 Å². The molecule has 1 aliphatic rings. The Morgan fingerprint density at radius 2 is 2.15 bits per heavy atom. The van der Waals surface area contributed by atoms with E-state index in [9.17, 15) is 9.59 Å². The summed E-state index contributed by atoms with van der Waals surface area (Å²) in [6.07, 6.45) is 2.54. The molecule has 13 heavy (non-hydrogen) atoms. The maximum Gasteiger partial charge on any atom is 0.284 e. The minimum atomic E-state index is -0.501. The first kappa shape index (κ1) is 10.2. The van der Waals surface area contributed by atoms with Crippen LogP contribution in [0.1, 0.15) is 12.8 Å². The number of hydrogen-bond donors (Lipinski definition) is 1. The molecule has 74 valence electrons. The van der Waals surface area contributed by atoms with Crippen LogP contribution >= 0.6 is 0 Å². The highest BCUT2D eigenvalue weighted by Crippen LogP contribution is 2.14. The Bertz CT molecular complexity index is 186. The van der Waals surface area contributed by atoms with Gasteiger partial charge in [-0.3, -0.25) is 9.59 Å². The van der Waals surface area contributed by atoms with Crippen molar-refractivity contribution in [2.24, 2.45) is 5.92 Å². The third-order valence-electron chi connectivity index (χ3n) is 2.51. The molecule has 0 saturated carbocycles. The Hall–Kier alpha value is -0.900. The lowest BCUT2D eigenvalue weighted by Crippen LogP contribution is -2.37. The standard InChI is InChI=1S/C9H16N2O2/c1-11-4-2-8(3-5-11)6-10-9(13)7-12/h7-8H,2-6H2,1H3,(H,10,13). The zero-order valence-corrected chi connectivity index (χ0v) is 7.95. The molecule has 0 aromatic carbocycles. The molecule has 0 atom stereocenters. The number of aldehydes is 1. The van der Waals surface area contributed by atoms with Gasteiger partial charge in [-0.15, -0.1) is 0 Å². The van der Waals surface area contributed by atoms with E-state index in [1.165, 1.54) is 0 Å². The van der Waals surface area contributed by atoms with Crippen molar-refractivity contribution in [1.29, 1.82) is 0 Å². The Kier molecular flexibility index (Phi) is 3.89. The van der Waals surface area contributed by atoms with Gasteiger partial charge in [-0.2, -0.15) is 0 Å². The van der Waals surface area contributed by atoms with Crippen LogP contribution in [0.2, 0.25) is 0 Å². The van der Waals surface area contributed by atoms with E-state index in [2.05, 4.69) is 17.3 Å². The fourth-order valence-corrected chi connectivity index (χ4v) is 1.55. The summed E-state index contributed by atoms with van der Waals surface area (Å²) in [4.78, 5) is 22.9. The van der Waals surface area contributed by atoms with E-state index in [0.717, 1.165) is 25.9 Å². The van der Waals surface area contributed by atoms with E-state index in [0.29, 0.717) is 18.7 Å². The number of nitrogens with one attached hydrogen (secondary N) is 1. The van der Waals surface area contributed by atoms with Crippen molar-refractivity contribution in [3.05, 3.63) is 0 Å². The van der Waals surface area contributed by atoms with Gasteiger partial charge < -0.3 is 10.2 Å². The molecule has 1 fully saturated rings. The number of likely N-dealkylation sites (tertiary alicyclic amines) is 1. The zero-order valence-electron chi connectivity index (χ0n) is 7.95. The van der Waals surface area contributed by atoms with E-state index in [4.69, 9.17) is 0 Å². The maximum atomic E-state index is 10.6. The summed E-state index contributed by atoms with van der Waals surface area (Å²) in [5, 5.41) is 2.59. The second-order valence-electron chi connectivity index (χ2n) is 3.61. The van der Waals surface area contributed by atoms with Crippen LogP contribution in [0.25, 0.3) is 0 Å². The second kappa shape index (κ2) is 4.97. The zero-order chi connectivity index (χ0) is 9.68. The lowest BCUT2D eigenvalue weighted by atomic mass is 9.97. The normalized spacial score (nSPS) is 19.8. The second-order valence-corrected chi connectivity index (χ2v) is 3.61. The van der Waals surface area contributed by atoms with Gasteiger partial charge in [0.15, 0.2) is 0 Å². The van der Waals surface area contributed by atoms with Gasteiger partial charge in [-0.1, -0.05) is 0 Å². The number of rotatable bonds is 3. The van der Waals surface area contributed by atoms with Gasteiger partial charge >= 0.3 is 0 Å². The van der Waals surface area contributed by atoms with Gasteiger partial charge in [-0.25, -0.2) is 0 Å². The average molecular weight is 184 g/mol. The minimum absolute atomic E-state index is 0.328. The molecule has 0 aliphatic carbocycles. The molecule has 1 amide bonds. The molecule has 1 N–H and O–H groups in total. The van der Waals surface area contributed by atoms with Crippen LogP contribution < -0.4 is 5.32 Å². The fraction of sp³-hybridized carbons (Fsp3) is 0.778. The van der Waals surface area contributed by atoms with E-state index in [1.807, 2.05) is 0 Å². The van der Waals surface area contributed by atoms with Gasteiger partial charge in [0.1, 0.15) is 0 Å². The van der Waals surface area contributed by atoms with Gasteiger partial charge in [0.2, 0.25) is 6.29 Å². The molecule has 1 heterocycles. The SMILES string of the molecule is CN1CCC(CNC(=O)C=O)CC1. The lowest BCUT2D eigenvalue weighted by Gasteiger charge is -2.28. The van der Waals surface area contributed by atoms with E-state index in [-0.39, 0.29) is 0 Å². The van der Waals surface area contributed by atoms with Crippen LogP contribution in [0.4, 0.5) is 0 Å². The Balaban J connectivity index is 2.15. The summed E-state index contributed by atoms with van der Waals surface area (Å²) < 4.78 is 0. The quantitative estimate of drug-likeness (QED) is 0.481. The smallest absolute Gasteiger partial charge is 0.284 e. The number of hydrogen-bond acceptors (Lipinski definition) is 3. The van der Waals surface area contributed by atoms with Crippen LogP contribution in [0.5, 0.6) is 0 Å². The molecular weight excluding hydrogens is 168 g/mol. The molecule has 0 spiro atoms. The summed E-state index contributed by atoms with van der Waals surface area (Å²) in [5.74, 6) is 0.0408. The van der Waals surface area contributed by atoms with Gasteiger partial charge in [-0.05, 0) is 38.9 Å². The van der Waals surface area contributed by atoms with Crippen LogP contribution in [0.15, 0.2) is 0 Å². The fourth-order valence-electron chi connectivity index (χ4n) is 1.55. The van der Waals surface area contributed by atoms with Crippen LogP contribution in [0, 0.1) is 5.92 Å². The molecule has 1 rings (SSSR count). The van der Waals surface area contributed by atoms with E-state index >= 15 is 0 Å². The van der Waals surface area contributed by atoms with Crippen molar-refractivity contribution in [3.8, 4) is 0 Å². The number of carbonyl (C=O) groups is 2. The monoisotopic (exact) mass is 184 g/mol. The van der Waals surface area contributed by atoms with E-state index in [1.54, 1.807) is 0 Å². The van der Waals surface area contributed by atoms with Gasteiger partial charge in [0.05, 0.1) is 0 Å². The third kappa shape index (κ3) is 3.55. The molecule has 4 heteroatoms. The number of nitrogens with zero attached hydrogens (tertiary/aromatic N) is 1. The van der Waals surface area contributed by atoms with Gasteiger partial charge in [0.25, 0.3) is 5.91 Å². The highest BCUT2D eigenvalue weighted by atomic mass is 16.2. The predicted molar refractivity (Wildman–Crippen MR) is 49.3 cm³/mol. The molecule has 0 aromatic heterocycles. The number of piperidine rings is 1. The molecule has 0 unspecified atom stereocenters. The summed E-state index contributed by atoms with van der Waals surface area (Å²) in [5.41, 5.74) is 0. The van der Waals surface area contributed by atoms with Crippen molar-refractivity contribution >= 4 is 12.2 Å². The first-order valence-electron chi connectivity index (χ1n) is 4.64. The van der Waals surface area contributed by atoms with Crippen molar-refractivity contribution in [1.82, 2.24) is 10.2 Å². The van der Waals surface area contributed by atoms with Gasteiger partial charge in [0, 0.05) is 6.54 Å². The summed E-state index contributed by atoms with van der Waals surface area (Å²) in [6, 6.07) is 0. The molecule has 0 radical (unpaired) electrons. The average Bonchev–Trinajstić information content (AvgIpc) is 2.16. The minimum Gasteiger partial charge on any atom is -0.349 e. The Morgan fingerprint density at radius 3 is 2.69 bits per heavy atom. The van der Waals surface area contributed by atoms with Crippen LogP contribution in [-0.2, 0) is 9.59 Å². The van der Waals surface area contributed by atoms with Crippen LogP contribution in [0.3, 0.4) is 0 Å². The maximum absolute atomic E-state index is 10.6. The molecule has 1 aliphatic heterocycles. The largest absolute Gasteiger partial charge is 0.349 e. The van der Waals surface area contributed by atoms with Crippen LogP contribution in [-0.4, -0.2) is 43.8 Å². The molecular formula is C9H16N2O2. The van der Waals surface area contributed by atoms with Crippen molar-refractivity contribution < 1.29 is 9.59 Å². The molecule has 0 aromatic rings. The summed E-state index contributed by atoms with van der Waals surface area (Å²) in [7, 11) is 2.10. The predicted octanol–water partition coefficient (Wildman–Crippen LogP) is -0.357. The molecule has 0 bridgehead atoms. The molecule has 4 nitrogen and oxygen atoms in total. The third-order valence-corrected chi connectivity index (χ3v) is 2.51. The first-order chi connectivity index (χ1) is 6.22. The highest BCUT2D eigenvalue weighted by Gasteiger charge is 2.16. The lowest BCUT2D eigenvalue weighted by molar-refractivity contribution is -0.131. The molecule has 1 saturated heterocycles. The number of carbonyl (C=O) groups excluding carboxylic acids is 2. The highest BCUT2D eigenvalue weighted by molar-refractivity contribution is 6.23. The topological polar surface area (TPSA) is 49.4 Å². The summed E-state index contributed by atoms with van der Waals surface area (Å²) in [6.45, 7) is 2.81.